The van der Waals surface area contributed by atoms with Gasteiger partial charge in [0.15, 0.2) is 10.8 Å². The maximum atomic E-state index is 4.53. The van der Waals surface area contributed by atoms with Crippen molar-refractivity contribution in [2.45, 2.75) is 33.2 Å². The summed E-state index contributed by atoms with van der Waals surface area (Å²) in [6.07, 6.45) is 2.64. The third-order valence-corrected chi connectivity index (χ3v) is 3.89. The number of nitrogens with one attached hydrogen (secondary N) is 2. The van der Waals surface area contributed by atoms with Gasteiger partial charge < -0.3 is 5.32 Å². The smallest absolute Gasteiger partial charge is 0.184 e. The Labute approximate surface area is 105 Å². The lowest BCUT2D eigenvalue weighted by Crippen LogP contribution is -2.18. The summed E-state index contributed by atoms with van der Waals surface area (Å²) in [6, 6.07) is 0.337. The average Bonchev–Trinajstić information content (AvgIpc) is 2.94. The molecule has 0 aromatic carbocycles. The quantitative estimate of drug-likeness (QED) is 0.855. The molecular formula is C11H17N5S. The molecule has 2 N–H and O–H groups in total. The molecule has 0 fully saturated rings. The number of nitrogens with zero attached hydrogens (tertiary/aromatic N) is 3. The molecule has 0 aliphatic carbocycles. The second-order valence-corrected chi connectivity index (χ2v) is 5.01. The van der Waals surface area contributed by atoms with Crippen LogP contribution in [-0.2, 0) is 0 Å². The van der Waals surface area contributed by atoms with Gasteiger partial charge in [0.2, 0.25) is 0 Å². The number of H-pyrrole nitrogens is 1. The monoisotopic (exact) mass is 251 g/mol. The Hall–Kier alpha value is -1.27. The van der Waals surface area contributed by atoms with Crippen LogP contribution in [-0.4, -0.2) is 26.7 Å². The molecule has 2 rings (SSSR count). The van der Waals surface area contributed by atoms with Crippen molar-refractivity contribution in [3.63, 3.8) is 0 Å². The number of hydrogen-bond acceptors (Lipinski definition) is 5. The number of aryl methyl sites for hydroxylation is 1. The molecule has 0 radical (unpaired) electrons. The maximum absolute atomic E-state index is 4.53. The van der Waals surface area contributed by atoms with Gasteiger partial charge >= 0.3 is 0 Å². The molecule has 1 unspecified atom stereocenters. The second-order valence-electron chi connectivity index (χ2n) is 3.98. The van der Waals surface area contributed by atoms with Crippen molar-refractivity contribution in [3.8, 4) is 10.8 Å². The van der Waals surface area contributed by atoms with Crippen molar-refractivity contribution >= 4 is 11.3 Å². The molecule has 92 valence electrons. The molecule has 2 heterocycles. The van der Waals surface area contributed by atoms with Gasteiger partial charge in [0.1, 0.15) is 6.33 Å². The highest BCUT2D eigenvalue weighted by molar-refractivity contribution is 7.15. The van der Waals surface area contributed by atoms with Gasteiger partial charge in [-0.15, -0.1) is 11.3 Å². The van der Waals surface area contributed by atoms with Crippen molar-refractivity contribution in [1.82, 2.24) is 25.5 Å². The first kappa shape index (κ1) is 12.2. The van der Waals surface area contributed by atoms with Gasteiger partial charge in [-0.2, -0.15) is 5.10 Å². The zero-order valence-electron chi connectivity index (χ0n) is 10.3. The lowest BCUT2D eigenvalue weighted by atomic mass is 10.2. The van der Waals surface area contributed by atoms with Crippen molar-refractivity contribution in [1.29, 1.82) is 0 Å². The van der Waals surface area contributed by atoms with E-state index in [-0.39, 0.29) is 0 Å². The van der Waals surface area contributed by atoms with Gasteiger partial charge in [-0.05, 0) is 26.8 Å². The van der Waals surface area contributed by atoms with E-state index in [0.29, 0.717) is 6.04 Å². The first-order valence-corrected chi connectivity index (χ1v) is 6.60. The normalized spacial score (nSPS) is 12.9. The van der Waals surface area contributed by atoms with Crippen molar-refractivity contribution in [3.05, 3.63) is 16.9 Å². The number of aromatic nitrogens is 4. The van der Waals surface area contributed by atoms with Gasteiger partial charge in [0.05, 0.1) is 5.69 Å². The molecule has 0 aliphatic heterocycles. The lowest BCUT2D eigenvalue weighted by molar-refractivity contribution is 0.575. The highest BCUT2D eigenvalue weighted by atomic mass is 32.1. The first-order valence-electron chi connectivity index (χ1n) is 5.78. The number of thiazole rings is 1. The minimum Gasteiger partial charge on any atom is -0.309 e. The Morgan fingerprint density at radius 3 is 3.00 bits per heavy atom. The van der Waals surface area contributed by atoms with Crippen LogP contribution in [0.25, 0.3) is 10.8 Å². The van der Waals surface area contributed by atoms with Gasteiger partial charge in [0, 0.05) is 10.9 Å². The zero-order valence-corrected chi connectivity index (χ0v) is 11.1. The topological polar surface area (TPSA) is 66.5 Å². The van der Waals surface area contributed by atoms with E-state index in [1.165, 1.54) is 11.2 Å². The summed E-state index contributed by atoms with van der Waals surface area (Å²) in [5.74, 6) is 0.743. The fraction of sp³-hybridized carbons (Fsp3) is 0.545. The molecule has 0 saturated heterocycles. The van der Waals surface area contributed by atoms with Crippen LogP contribution in [0.2, 0.25) is 0 Å². The van der Waals surface area contributed by atoms with E-state index >= 15 is 0 Å². The Bertz CT molecular complexity index is 462. The van der Waals surface area contributed by atoms with Crippen LogP contribution in [0, 0.1) is 6.92 Å². The molecule has 0 saturated carbocycles. The fourth-order valence-corrected chi connectivity index (χ4v) is 2.71. The van der Waals surface area contributed by atoms with Gasteiger partial charge in [0.25, 0.3) is 0 Å². The third kappa shape index (κ3) is 2.70. The van der Waals surface area contributed by atoms with E-state index in [1.54, 1.807) is 11.3 Å². The van der Waals surface area contributed by atoms with Crippen LogP contribution in [0.1, 0.15) is 36.9 Å². The largest absolute Gasteiger partial charge is 0.309 e. The molecule has 6 heteroatoms. The molecule has 1 atom stereocenters. The Kier molecular flexibility index (Phi) is 3.86. The van der Waals surface area contributed by atoms with Gasteiger partial charge in [-0.25, -0.2) is 9.97 Å². The molecule has 17 heavy (non-hydrogen) atoms. The lowest BCUT2D eigenvalue weighted by Gasteiger charge is -2.11. The molecule has 0 bridgehead atoms. The van der Waals surface area contributed by atoms with E-state index in [4.69, 9.17) is 0 Å². The summed E-state index contributed by atoms with van der Waals surface area (Å²) in [6.45, 7) is 7.39. The predicted octanol–water partition coefficient (Wildman–Crippen LogP) is 2.30. The summed E-state index contributed by atoms with van der Waals surface area (Å²) in [5.41, 5.74) is 1.07. The van der Waals surface area contributed by atoms with Crippen LogP contribution < -0.4 is 5.32 Å². The van der Waals surface area contributed by atoms with E-state index < -0.39 is 0 Å². The summed E-state index contributed by atoms with van der Waals surface area (Å²) in [4.78, 5) is 9.92. The number of aromatic amines is 1. The summed E-state index contributed by atoms with van der Waals surface area (Å²) >= 11 is 1.67. The molecule has 0 aliphatic rings. The molecule has 2 aromatic rings. The number of rotatable bonds is 5. The SMILES string of the molecule is CCCNC(C)c1sc(-c2ncn[nH]2)nc1C. The Balaban J connectivity index is 2.19. The fourth-order valence-electron chi connectivity index (χ4n) is 1.67. The summed E-state index contributed by atoms with van der Waals surface area (Å²) in [5, 5.41) is 11.1. The minimum atomic E-state index is 0.337. The van der Waals surface area contributed by atoms with Crippen molar-refractivity contribution < 1.29 is 0 Å². The van der Waals surface area contributed by atoms with E-state index in [9.17, 15) is 0 Å². The predicted molar refractivity (Wildman–Crippen MR) is 68.9 cm³/mol. The first-order chi connectivity index (χ1) is 8.22. The van der Waals surface area contributed by atoms with Gasteiger partial charge in [-0.1, -0.05) is 6.92 Å². The Morgan fingerprint density at radius 1 is 1.53 bits per heavy atom. The zero-order chi connectivity index (χ0) is 12.3. The third-order valence-electron chi connectivity index (χ3n) is 2.54. The summed E-state index contributed by atoms with van der Waals surface area (Å²) in [7, 11) is 0. The molecular weight excluding hydrogens is 234 g/mol. The minimum absolute atomic E-state index is 0.337. The van der Waals surface area contributed by atoms with E-state index in [2.05, 4.69) is 39.3 Å². The molecule has 0 amide bonds. The van der Waals surface area contributed by atoms with Crippen molar-refractivity contribution in [2.75, 3.05) is 6.54 Å². The number of hydrogen-bond donors (Lipinski definition) is 2. The van der Waals surface area contributed by atoms with Crippen LogP contribution >= 0.6 is 11.3 Å². The second kappa shape index (κ2) is 5.37. The Morgan fingerprint density at radius 2 is 2.35 bits per heavy atom. The van der Waals surface area contributed by atoms with E-state index in [1.807, 2.05) is 6.92 Å². The van der Waals surface area contributed by atoms with Crippen LogP contribution in [0.4, 0.5) is 0 Å². The molecule has 5 nitrogen and oxygen atoms in total. The van der Waals surface area contributed by atoms with E-state index in [0.717, 1.165) is 29.5 Å². The molecule has 2 aromatic heterocycles. The maximum Gasteiger partial charge on any atom is 0.184 e. The van der Waals surface area contributed by atoms with Crippen LogP contribution in [0.3, 0.4) is 0 Å². The van der Waals surface area contributed by atoms with Crippen molar-refractivity contribution in [2.24, 2.45) is 0 Å². The summed E-state index contributed by atoms with van der Waals surface area (Å²) < 4.78 is 0. The van der Waals surface area contributed by atoms with Crippen LogP contribution in [0.15, 0.2) is 6.33 Å². The van der Waals surface area contributed by atoms with Crippen LogP contribution in [0.5, 0.6) is 0 Å². The molecule has 0 spiro atoms. The van der Waals surface area contributed by atoms with Gasteiger partial charge in [-0.3, -0.25) is 5.10 Å². The standard InChI is InChI=1S/C11H17N5S/c1-4-5-12-7(2)9-8(3)15-11(17-9)10-13-6-14-16-10/h6-7,12H,4-5H2,1-3H3,(H,13,14,16). The highest BCUT2D eigenvalue weighted by Crippen LogP contribution is 2.29. The highest BCUT2D eigenvalue weighted by Gasteiger charge is 2.15. The average molecular weight is 251 g/mol.